The molecule has 3 aromatic heterocycles. The number of benzene rings is 3. The third-order valence-electron chi connectivity index (χ3n) is 5.60. The standard InChI is InChI=1S/C26H19N3/c1-3-9-19(10-4-1)16-29-24-14-8-7-13-21(24)22-15-26-27-23(17-28(26)18-25(22)29)20-11-5-2-6-12-20/h1-15,17-18H,16H2. The zero-order valence-corrected chi connectivity index (χ0v) is 15.9. The number of pyridine rings is 1. The zero-order valence-electron chi connectivity index (χ0n) is 15.9. The molecule has 3 nitrogen and oxygen atoms in total. The lowest BCUT2D eigenvalue weighted by atomic mass is 10.2. The summed E-state index contributed by atoms with van der Waals surface area (Å²) in [7, 11) is 0. The maximum absolute atomic E-state index is 4.89. The Morgan fingerprint density at radius 2 is 1.38 bits per heavy atom. The summed E-state index contributed by atoms with van der Waals surface area (Å²) in [5, 5.41) is 2.51. The molecule has 3 aromatic carbocycles. The summed E-state index contributed by atoms with van der Waals surface area (Å²) in [4.78, 5) is 4.89. The van der Waals surface area contributed by atoms with Crippen molar-refractivity contribution in [3.8, 4) is 11.3 Å². The largest absolute Gasteiger partial charge is 0.335 e. The molecule has 0 aliphatic carbocycles. The van der Waals surface area contributed by atoms with Gasteiger partial charge in [0.25, 0.3) is 0 Å². The highest BCUT2D eigenvalue weighted by atomic mass is 15.0. The van der Waals surface area contributed by atoms with Crippen LogP contribution in [-0.2, 0) is 6.54 Å². The maximum atomic E-state index is 4.89. The van der Waals surface area contributed by atoms with Crippen LogP contribution in [0.2, 0.25) is 0 Å². The molecule has 29 heavy (non-hydrogen) atoms. The van der Waals surface area contributed by atoms with Gasteiger partial charge in [-0.3, -0.25) is 0 Å². The molecular formula is C26H19N3. The van der Waals surface area contributed by atoms with E-state index in [0.717, 1.165) is 23.4 Å². The van der Waals surface area contributed by atoms with Crippen molar-refractivity contribution in [2.45, 2.75) is 6.54 Å². The van der Waals surface area contributed by atoms with E-state index in [1.165, 1.54) is 27.4 Å². The van der Waals surface area contributed by atoms with E-state index in [1.807, 2.05) is 6.07 Å². The lowest BCUT2D eigenvalue weighted by Gasteiger charge is -2.08. The molecule has 3 heterocycles. The monoisotopic (exact) mass is 373 g/mol. The summed E-state index contributed by atoms with van der Waals surface area (Å²) in [6.07, 6.45) is 4.33. The fraction of sp³-hybridized carbons (Fsp3) is 0.0385. The molecule has 0 spiro atoms. The van der Waals surface area contributed by atoms with Crippen LogP contribution >= 0.6 is 0 Å². The molecule has 0 saturated carbocycles. The Bertz CT molecular complexity index is 1460. The fourth-order valence-corrected chi connectivity index (χ4v) is 4.20. The van der Waals surface area contributed by atoms with Crippen LogP contribution in [0, 0.1) is 0 Å². The molecular weight excluding hydrogens is 354 g/mol. The molecule has 0 radical (unpaired) electrons. The van der Waals surface area contributed by atoms with Gasteiger partial charge < -0.3 is 8.97 Å². The van der Waals surface area contributed by atoms with Crippen LogP contribution in [0.5, 0.6) is 0 Å². The van der Waals surface area contributed by atoms with E-state index >= 15 is 0 Å². The maximum Gasteiger partial charge on any atom is 0.138 e. The average Bonchev–Trinajstić information content (AvgIpc) is 3.33. The predicted molar refractivity (Wildman–Crippen MR) is 119 cm³/mol. The molecule has 6 rings (SSSR count). The highest BCUT2D eigenvalue weighted by Gasteiger charge is 2.13. The number of imidazole rings is 1. The zero-order chi connectivity index (χ0) is 19.2. The van der Waals surface area contributed by atoms with Gasteiger partial charge in [-0.25, -0.2) is 4.98 Å². The van der Waals surface area contributed by atoms with Crippen LogP contribution in [-0.4, -0.2) is 14.0 Å². The van der Waals surface area contributed by atoms with Crippen molar-refractivity contribution in [2.24, 2.45) is 0 Å². The molecule has 6 aromatic rings. The van der Waals surface area contributed by atoms with E-state index in [1.54, 1.807) is 0 Å². The highest BCUT2D eigenvalue weighted by molar-refractivity contribution is 6.09. The number of nitrogens with zero attached hydrogens (tertiary/aromatic N) is 3. The van der Waals surface area contributed by atoms with Crippen LogP contribution in [0.25, 0.3) is 38.7 Å². The normalized spacial score (nSPS) is 11.6. The van der Waals surface area contributed by atoms with Crippen molar-refractivity contribution in [2.75, 3.05) is 0 Å². The van der Waals surface area contributed by atoms with Gasteiger partial charge in [0.15, 0.2) is 0 Å². The number of para-hydroxylation sites is 1. The SMILES string of the molecule is c1ccc(Cn2c3ccccc3c3cc4nc(-c5ccccc5)cn4cc32)cc1. The minimum absolute atomic E-state index is 0.844. The first-order chi connectivity index (χ1) is 14.4. The van der Waals surface area contributed by atoms with Gasteiger partial charge in [-0.2, -0.15) is 0 Å². The second-order valence-corrected chi connectivity index (χ2v) is 7.42. The molecule has 0 N–H and O–H groups in total. The lowest BCUT2D eigenvalue weighted by Crippen LogP contribution is -1.99. The first-order valence-electron chi connectivity index (χ1n) is 9.86. The number of rotatable bonds is 3. The Labute approximate surface area is 168 Å². The third kappa shape index (κ3) is 2.63. The summed E-state index contributed by atoms with van der Waals surface area (Å²) in [6, 6.07) is 31.8. The quantitative estimate of drug-likeness (QED) is 0.364. The Hall–Kier alpha value is -3.85. The molecule has 0 amide bonds. The van der Waals surface area contributed by atoms with Crippen molar-refractivity contribution in [1.82, 2.24) is 14.0 Å². The van der Waals surface area contributed by atoms with Crippen molar-refractivity contribution >= 4 is 27.5 Å². The van der Waals surface area contributed by atoms with Gasteiger partial charge in [0, 0.05) is 40.8 Å². The van der Waals surface area contributed by atoms with Crippen LogP contribution in [0.15, 0.2) is 103 Å². The van der Waals surface area contributed by atoms with E-state index in [2.05, 4.69) is 106 Å². The van der Waals surface area contributed by atoms with Gasteiger partial charge in [-0.05, 0) is 17.7 Å². The van der Waals surface area contributed by atoms with E-state index in [4.69, 9.17) is 4.98 Å². The predicted octanol–water partition coefficient (Wildman–Crippen LogP) is 6.16. The average molecular weight is 373 g/mol. The van der Waals surface area contributed by atoms with Crippen molar-refractivity contribution in [1.29, 1.82) is 0 Å². The Kier molecular flexibility index (Phi) is 3.53. The van der Waals surface area contributed by atoms with E-state index in [-0.39, 0.29) is 0 Å². The second-order valence-electron chi connectivity index (χ2n) is 7.42. The molecule has 0 aliphatic rings. The van der Waals surface area contributed by atoms with Crippen molar-refractivity contribution in [3.63, 3.8) is 0 Å². The molecule has 0 unspecified atom stereocenters. The van der Waals surface area contributed by atoms with Gasteiger partial charge in [-0.1, -0.05) is 78.9 Å². The summed E-state index contributed by atoms with van der Waals surface area (Å²) in [5.41, 5.74) is 6.88. The Balaban J connectivity index is 1.61. The number of fused-ring (bicyclic) bond motifs is 4. The third-order valence-corrected chi connectivity index (χ3v) is 5.60. The first-order valence-corrected chi connectivity index (χ1v) is 9.86. The molecule has 0 saturated heterocycles. The smallest absolute Gasteiger partial charge is 0.138 e. The first kappa shape index (κ1) is 16.1. The van der Waals surface area contributed by atoms with E-state index in [9.17, 15) is 0 Å². The van der Waals surface area contributed by atoms with Crippen LogP contribution < -0.4 is 0 Å². The number of aromatic nitrogens is 3. The van der Waals surface area contributed by atoms with Gasteiger partial charge in [0.1, 0.15) is 5.65 Å². The van der Waals surface area contributed by atoms with Gasteiger partial charge in [-0.15, -0.1) is 0 Å². The van der Waals surface area contributed by atoms with Crippen LogP contribution in [0.1, 0.15) is 5.56 Å². The highest BCUT2D eigenvalue weighted by Crippen LogP contribution is 2.31. The molecule has 3 heteroatoms. The summed E-state index contributed by atoms with van der Waals surface area (Å²) < 4.78 is 4.55. The Morgan fingerprint density at radius 3 is 2.21 bits per heavy atom. The van der Waals surface area contributed by atoms with Crippen molar-refractivity contribution < 1.29 is 0 Å². The topological polar surface area (TPSA) is 22.2 Å². The summed E-state index contributed by atoms with van der Waals surface area (Å²) >= 11 is 0. The molecule has 0 bridgehead atoms. The molecule has 138 valence electrons. The number of hydrogen-bond acceptors (Lipinski definition) is 1. The van der Waals surface area contributed by atoms with E-state index in [0.29, 0.717) is 0 Å². The number of hydrogen-bond donors (Lipinski definition) is 0. The second kappa shape index (κ2) is 6.35. The van der Waals surface area contributed by atoms with Crippen molar-refractivity contribution in [3.05, 3.63) is 109 Å². The minimum Gasteiger partial charge on any atom is -0.335 e. The lowest BCUT2D eigenvalue weighted by molar-refractivity contribution is 0.865. The van der Waals surface area contributed by atoms with E-state index < -0.39 is 0 Å². The van der Waals surface area contributed by atoms with Gasteiger partial charge in [0.05, 0.1) is 11.2 Å². The minimum atomic E-state index is 0.844. The molecule has 0 aliphatic heterocycles. The summed E-state index contributed by atoms with van der Waals surface area (Å²) in [6.45, 7) is 0.844. The van der Waals surface area contributed by atoms with Crippen LogP contribution in [0.3, 0.4) is 0 Å². The fourth-order valence-electron chi connectivity index (χ4n) is 4.20. The molecule has 0 fully saturated rings. The van der Waals surface area contributed by atoms with Crippen LogP contribution in [0.4, 0.5) is 0 Å². The van der Waals surface area contributed by atoms with Gasteiger partial charge >= 0.3 is 0 Å². The molecule has 0 atom stereocenters. The summed E-state index contributed by atoms with van der Waals surface area (Å²) in [5.74, 6) is 0. The Morgan fingerprint density at radius 1 is 0.655 bits per heavy atom. The van der Waals surface area contributed by atoms with Gasteiger partial charge in [0.2, 0.25) is 0 Å².